The summed E-state index contributed by atoms with van der Waals surface area (Å²) in [6.07, 6.45) is 3.11. The summed E-state index contributed by atoms with van der Waals surface area (Å²) < 4.78 is 39.1. The van der Waals surface area contributed by atoms with E-state index in [0.29, 0.717) is 25.3 Å². The smallest absolute Gasteiger partial charge is 0.408 e. The Labute approximate surface area is 238 Å². The Kier molecular flexibility index (Phi) is 9.69. The van der Waals surface area contributed by atoms with Gasteiger partial charge in [0, 0.05) is 25.0 Å². The number of aromatic nitrogens is 2. The molecule has 0 radical (unpaired) electrons. The minimum absolute atomic E-state index is 0.0709. The molecule has 4 rings (SSSR count). The number of carbonyl (C=O) groups excluding carboxylic acids is 2. The highest BCUT2D eigenvalue weighted by Crippen LogP contribution is 2.29. The van der Waals surface area contributed by atoms with Crippen LogP contribution in [-0.4, -0.2) is 58.1 Å². The number of benzene rings is 2. The van der Waals surface area contributed by atoms with Gasteiger partial charge in [-0.3, -0.25) is 4.79 Å². The molecule has 0 bridgehead atoms. The number of nitrogens with one attached hydrogen (secondary N) is 2. The van der Waals surface area contributed by atoms with E-state index in [4.69, 9.17) is 9.47 Å². The van der Waals surface area contributed by atoms with Gasteiger partial charge in [0.15, 0.2) is 11.6 Å². The first kappa shape index (κ1) is 29.7. The van der Waals surface area contributed by atoms with E-state index in [9.17, 15) is 18.4 Å². The number of hydrogen-bond acceptors (Lipinski definition) is 7. The van der Waals surface area contributed by atoms with Crippen molar-refractivity contribution in [1.82, 2.24) is 20.2 Å². The SMILES string of the molecule is CC(C)(C)C(NC(=O)OCc1ccccc1)C(=O)N1CCCC1C(CNc1ncccn1)Oc1ccc(F)c(F)c1. The lowest BCUT2D eigenvalue weighted by atomic mass is 9.85. The molecule has 3 aromatic rings. The average molecular weight is 568 g/mol. The van der Waals surface area contributed by atoms with Crippen molar-refractivity contribution in [3.63, 3.8) is 0 Å². The number of alkyl carbamates (subject to hydrolysis) is 1. The highest BCUT2D eigenvalue weighted by atomic mass is 19.2. The number of anilines is 1. The van der Waals surface area contributed by atoms with E-state index < -0.39 is 41.3 Å². The zero-order valence-corrected chi connectivity index (χ0v) is 23.3. The van der Waals surface area contributed by atoms with E-state index in [0.717, 1.165) is 17.7 Å². The van der Waals surface area contributed by atoms with E-state index in [1.165, 1.54) is 6.07 Å². The molecule has 41 heavy (non-hydrogen) atoms. The maximum absolute atomic E-state index is 14.0. The van der Waals surface area contributed by atoms with Gasteiger partial charge in [0.05, 0.1) is 12.6 Å². The van der Waals surface area contributed by atoms with Gasteiger partial charge in [-0.15, -0.1) is 0 Å². The van der Waals surface area contributed by atoms with Crippen LogP contribution in [0.1, 0.15) is 39.2 Å². The van der Waals surface area contributed by atoms with Crippen molar-refractivity contribution < 1.29 is 27.8 Å². The lowest BCUT2D eigenvalue weighted by Gasteiger charge is -2.38. The summed E-state index contributed by atoms with van der Waals surface area (Å²) in [4.78, 5) is 36.8. The third kappa shape index (κ3) is 8.12. The Balaban J connectivity index is 1.51. The van der Waals surface area contributed by atoms with Gasteiger partial charge in [-0.1, -0.05) is 51.1 Å². The number of nitrogens with zero attached hydrogens (tertiary/aromatic N) is 3. The van der Waals surface area contributed by atoms with Gasteiger partial charge in [-0.05, 0) is 42.0 Å². The molecule has 2 N–H and O–H groups in total. The fourth-order valence-corrected chi connectivity index (χ4v) is 4.71. The molecule has 0 spiro atoms. The molecule has 218 valence electrons. The van der Waals surface area contributed by atoms with Crippen molar-refractivity contribution in [1.29, 1.82) is 0 Å². The topological polar surface area (TPSA) is 106 Å². The first-order valence-electron chi connectivity index (χ1n) is 13.5. The summed E-state index contributed by atoms with van der Waals surface area (Å²) in [7, 11) is 0. The van der Waals surface area contributed by atoms with E-state index >= 15 is 0 Å². The molecule has 2 heterocycles. The van der Waals surface area contributed by atoms with Crippen LogP contribution in [0.3, 0.4) is 0 Å². The van der Waals surface area contributed by atoms with Crippen molar-refractivity contribution in [2.24, 2.45) is 5.41 Å². The molecule has 1 aliphatic heterocycles. The zero-order chi connectivity index (χ0) is 29.4. The van der Waals surface area contributed by atoms with Gasteiger partial charge in [0.25, 0.3) is 0 Å². The van der Waals surface area contributed by atoms with Gasteiger partial charge >= 0.3 is 6.09 Å². The molecule has 2 amide bonds. The standard InChI is InChI=1S/C30H35F2N5O4/c1-30(2,3)26(36-29(39)40-19-20-9-5-4-6-10-20)27(38)37-16-7-11-24(37)25(18-35-28-33-14-8-15-34-28)41-21-12-13-22(31)23(32)17-21/h4-6,8-10,12-15,17,24-26H,7,11,16,18-19H2,1-3H3,(H,36,39)(H,33,34,35). The summed E-state index contributed by atoms with van der Waals surface area (Å²) >= 11 is 0. The van der Waals surface area contributed by atoms with Gasteiger partial charge in [-0.25, -0.2) is 23.5 Å². The molecule has 2 aromatic carbocycles. The highest BCUT2D eigenvalue weighted by molar-refractivity contribution is 5.87. The predicted molar refractivity (Wildman–Crippen MR) is 149 cm³/mol. The highest BCUT2D eigenvalue weighted by Gasteiger charge is 2.43. The van der Waals surface area contributed by atoms with E-state index in [1.807, 2.05) is 51.1 Å². The minimum atomic E-state index is -1.04. The zero-order valence-electron chi connectivity index (χ0n) is 23.3. The molecule has 1 fully saturated rings. The van der Waals surface area contributed by atoms with E-state index in [-0.39, 0.29) is 24.8 Å². The van der Waals surface area contributed by atoms with Gasteiger partial charge < -0.3 is 25.0 Å². The molecule has 1 aromatic heterocycles. The molecule has 3 unspecified atom stereocenters. The lowest BCUT2D eigenvalue weighted by molar-refractivity contribution is -0.138. The number of ether oxygens (including phenoxy) is 2. The lowest BCUT2D eigenvalue weighted by Crippen LogP contribution is -2.58. The monoisotopic (exact) mass is 567 g/mol. The van der Waals surface area contributed by atoms with Crippen molar-refractivity contribution in [2.75, 3.05) is 18.4 Å². The van der Waals surface area contributed by atoms with E-state index in [2.05, 4.69) is 20.6 Å². The Morgan fingerprint density at radius 2 is 1.78 bits per heavy atom. The molecular formula is C30H35F2N5O4. The van der Waals surface area contributed by atoms with Crippen molar-refractivity contribution >= 4 is 17.9 Å². The summed E-state index contributed by atoms with van der Waals surface area (Å²) in [6.45, 7) is 6.28. The van der Waals surface area contributed by atoms with Gasteiger partial charge in [0.2, 0.25) is 11.9 Å². The molecular weight excluding hydrogens is 532 g/mol. The van der Waals surface area contributed by atoms with Gasteiger partial charge in [0.1, 0.15) is 24.5 Å². The van der Waals surface area contributed by atoms with Crippen LogP contribution in [0.15, 0.2) is 67.0 Å². The number of rotatable bonds is 10. The first-order chi connectivity index (χ1) is 19.6. The van der Waals surface area contributed by atoms with Crippen LogP contribution in [0.25, 0.3) is 0 Å². The number of halogens is 2. The first-order valence-corrected chi connectivity index (χ1v) is 13.5. The molecule has 1 saturated heterocycles. The Morgan fingerprint density at radius 3 is 2.46 bits per heavy atom. The Morgan fingerprint density at radius 1 is 1.05 bits per heavy atom. The predicted octanol–water partition coefficient (Wildman–Crippen LogP) is 4.95. The average Bonchev–Trinajstić information content (AvgIpc) is 3.45. The second-order valence-corrected chi connectivity index (χ2v) is 10.9. The van der Waals surface area contributed by atoms with Crippen molar-refractivity contribution in [3.8, 4) is 5.75 Å². The van der Waals surface area contributed by atoms with Crippen LogP contribution in [0.4, 0.5) is 19.5 Å². The van der Waals surface area contributed by atoms with Gasteiger partial charge in [-0.2, -0.15) is 0 Å². The van der Waals surface area contributed by atoms with Crippen molar-refractivity contribution in [3.05, 3.63) is 84.2 Å². The fourth-order valence-electron chi connectivity index (χ4n) is 4.71. The largest absolute Gasteiger partial charge is 0.486 e. The maximum Gasteiger partial charge on any atom is 0.408 e. The Bertz CT molecular complexity index is 1310. The summed E-state index contributed by atoms with van der Waals surface area (Å²) in [5.74, 6) is -1.82. The molecule has 0 saturated carbocycles. The molecule has 0 aliphatic carbocycles. The second-order valence-electron chi connectivity index (χ2n) is 10.9. The van der Waals surface area contributed by atoms with Crippen molar-refractivity contribution in [2.45, 2.75) is 58.4 Å². The molecule has 9 nitrogen and oxygen atoms in total. The molecule has 1 aliphatic rings. The summed E-state index contributed by atoms with van der Waals surface area (Å²) in [5.41, 5.74) is 0.191. The van der Waals surface area contributed by atoms with E-state index in [1.54, 1.807) is 23.4 Å². The number of amides is 2. The summed E-state index contributed by atoms with van der Waals surface area (Å²) in [6, 6.07) is 12.9. The summed E-state index contributed by atoms with van der Waals surface area (Å²) in [5, 5.41) is 5.87. The number of hydrogen-bond donors (Lipinski definition) is 2. The second kappa shape index (κ2) is 13.4. The number of carbonyl (C=O) groups is 2. The van der Waals surface area contributed by atoms with Crippen LogP contribution in [0, 0.1) is 17.0 Å². The number of likely N-dealkylation sites (tertiary alicyclic amines) is 1. The van der Waals surface area contributed by atoms with Crippen LogP contribution in [0.2, 0.25) is 0 Å². The van der Waals surface area contributed by atoms with Crippen LogP contribution >= 0.6 is 0 Å². The Hall–Kier alpha value is -4.28. The van der Waals surface area contributed by atoms with Crippen LogP contribution in [0.5, 0.6) is 5.75 Å². The fraction of sp³-hybridized carbons (Fsp3) is 0.400. The maximum atomic E-state index is 14.0. The third-order valence-corrected chi connectivity index (χ3v) is 6.81. The normalized spacial score (nSPS) is 16.5. The molecule has 3 atom stereocenters. The third-order valence-electron chi connectivity index (χ3n) is 6.81. The molecule has 11 heteroatoms. The quantitative estimate of drug-likeness (QED) is 0.357. The van der Waals surface area contributed by atoms with Crippen LogP contribution < -0.4 is 15.4 Å². The minimum Gasteiger partial charge on any atom is -0.486 e. The van der Waals surface area contributed by atoms with Crippen LogP contribution in [-0.2, 0) is 16.1 Å².